The summed E-state index contributed by atoms with van der Waals surface area (Å²) < 4.78 is 16.4. The lowest BCUT2D eigenvalue weighted by molar-refractivity contribution is -0.144. The van der Waals surface area contributed by atoms with Crippen LogP contribution in [0.25, 0.3) is 0 Å². The Morgan fingerprint density at radius 2 is 1.65 bits per heavy atom. The van der Waals surface area contributed by atoms with Crippen LogP contribution in [0.4, 0.5) is 0 Å². The maximum atomic E-state index is 13.7. The SMILES string of the molecule is CCC(C)N(C(=O)CN1C[C@H](c2ccc3c(c2)OCO3)[C@H](C(=O)O)[C@H]1c1ccc(OC)cc1)C(C)CC. The predicted molar refractivity (Wildman–Crippen MR) is 140 cm³/mol. The maximum Gasteiger partial charge on any atom is 0.309 e. The van der Waals surface area contributed by atoms with Gasteiger partial charge in [0.1, 0.15) is 5.75 Å². The van der Waals surface area contributed by atoms with E-state index in [0.29, 0.717) is 23.8 Å². The molecule has 0 spiro atoms. The molecule has 8 heteroatoms. The van der Waals surface area contributed by atoms with Gasteiger partial charge in [-0.2, -0.15) is 0 Å². The fraction of sp³-hybridized carbons (Fsp3) is 0.517. The molecule has 200 valence electrons. The second-order valence-electron chi connectivity index (χ2n) is 10.0. The van der Waals surface area contributed by atoms with E-state index in [1.807, 2.05) is 52.3 Å². The van der Waals surface area contributed by atoms with E-state index in [1.54, 1.807) is 7.11 Å². The molecule has 4 rings (SSSR count). The molecule has 8 nitrogen and oxygen atoms in total. The van der Waals surface area contributed by atoms with Crippen LogP contribution < -0.4 is 14.2 Å². The Hall–Kier alpha value is -3.26. The number of hydrogen-bond acceptors (Lipinski definition) is 6. The van der Waals surface area contributed by atoms with Crippen molar-refractivity contribution >= 4 is 11.9 Å². The van der Waals surface area contributed by atoms with E-state index < -0.39 is 17.9 Å². The van der Waals surface area contributed by atoms with Gasteiger partial charge in [0, 0.05) is 30.6 Å². The fourth-order valence-electron chi connectivity index (χ4n) is 5.65. The Balaban J connectivity index is 1.72. The fourth-order valence-corrected chi connectivity index (χ4v) is 5.65. The zero-order valence-corrected chi connectivity index (χ0v) is 22.3. The first-order valence-electron chi connectivity index (χ1n) is 13.1. The number of carboxylic acids is 1. The highest BCUT2D eigenvalue weighted by Gasteiger charge is 2.48. The van der Waals surface area contributed by atoms with Crippen molar-refractivity contribution in [3.8, 4) is 17.2 Å². The topological polar surface area (TPSA) is 88.5 Å². The van der Waals surface area contributed by atoms with Crippen LogP contribution in [0.2, 0.25) is 0 Å². The molecule has 2 aliphatic rings. The molecule has 1 fully saturated rings. The Morgan fingerprint density at radius 1 is 1.03 bits per heavy atom. The number of carboxylic acid groups (broad SMARTS) is 1. The van der Waals surface area contributed by atoms with Gasteiger partial charge in [-0.1, -0.05) is 32.0 Å². The molecule has 0 aliphatic carbocycles. The Kier molecular flexibility index (Phi) is 8.27. The molecule has 2 aliphatic heterocycles. The Labute approximate surface area is 219 Å². The molecule has 0 aromatic heterocycles. The molecule has 37 heavy (non-hydrogen) atoms. The van der Waals surface area contributed by atoms with E-state index in [2.05, 4.69) is 27.7 Å². The van der Waals surface area contributed by atoms with Crippen molar-refractivity contribution < 1.29 is 28.9 Å². The van der Waals surface area contributed by atoms with Crippen molar-refractivity contribution in [3.05, 3.63) is 53.6 Å². The number of ether oxygens (including phenoxy) is 3. The van der Waals surface area contributed by atoms with Gasteiger partial charge >= 0.3 is 5.97 Å². The maximum absolute atomic E-state index is 13.7. The van der Waals surface area contributed by atoms with E-state index in [1.165, 1.54) is 0 Å². The molecule has 2 heterocycles. The van der Waals surface area contributed by atoms with Crippen LogP contribution in [0.1, 0.15) is 63.6 Å². The summed E-state index contributed by atoms with van der Waals surface area (Å²) in [5.74, 6) is 0.0388. The van der Waals surface area contributed by atoms with Crippen LogP contribution in [0.3, 0.4) is 0 Å². The first-order chi connectivity index (χ1) is 17.8. The van der Waals surface area contributed by atoms with E-state index in [0.717, 1.165) is 24.0 Å². The van der Waals surface area contributed by atoms with Gasteiger partial charge < -0.3 is 24.2 Å². The minimum Gasteiger partial charge on any atom is -0.497 e. The second-order valence-corrected chi connectivity index (χ2v) is 10.0. The van der Waals surface area contributed by atoms with Crippen LogP contribution in [0.15, 0.2) is 42.5 Å². The summed E-state index contributed by atoms with van der Waals surface area (Å²) in [7, 11) is 1.60. The highest BCUT2D eigenvalue weighted by atomic mass is 16.7. The van der Waals surface area contributed by atoms with Gasteiger partial charge in [0.05, 0.1) is 19.6 Å². The van der Waals surface area contributed by atoms with E-state index in [9.17, 15) is 14.7 Å². The molecule has 2 aromatic carbocycles. The lowest BCUT2D eigenvalue weighted by atomic mass is 9.82. The van der Waals surface area contributed by atoms with Gasteiger partial charge in [-0.15, -0.1) is 0 Å². The van der Waals surface area contributed by atoms with Crippen molar-refractivity contribution in [2.75, 3.05) is 27.0 Å². The Morgan fingerprint density at radius 3 is 2.24 bits per heavy atom. The predicted octanol–water partition coefficient (Wildman–Crippen LogP) is 4.69. The summed E-state index contributed by atoms with van der Waals surface area (Å²) in [5, 5.41) is 10.5. The van der Waals surface area contributed by atoms with E-state index in [-0.39, 0.29) is 37.2 Å². The molecule has 5 atom stereocenters. The van der Waals surface area contributed by atoms with Crippen molar-refractivity contribution in [1.29, 1.82) is 0 Å². The summed E-state index contributed by atoms with van der Waals surface area (Å²) in [5.41, 5.74) is 1.72. The number of carbonyl (C=O) groups is 2. The summed E-state index contributed by atoms with van der Waals surface area (Å²) in [6, 6.07) is 12.8. The first kappa shape index (κ1) is 26.8. The van der Waals surface area contributed by atoms with Crippen LogP contribution in [0.5, 0.6) is 17.2 Å². The number of benzene rings is 2. The molecule has 1 amide bonds. The lowest BCUT2D eigenvalue weighted by Crippen LogP contribution is -2.48. The second kappa shape index (κ2) is 11.4. The summed E-state index contributed by atoms with van der Waals surface area (Å²) in [6.45, 7) is 9.06. The number of nitrogens with zero attached hydrogens (tertiary/aromatic N) is 2. The van der Waals surface area contributed by atoms with E-state index in [4.69, 9.17) is 14.2 Å². The number of fused-ring (bicyclic) bond motifs is 1. The highest BCUT2D eigenvalue weighted by Crippen LogP contribution is 2.47. The number of aliphatic carboxylic acids is 1. The van der Waals surface area contributed by atoms with Crippen LogP contribution in [0, 0.1) is 5.92 Å². The first-order valence-corrected chi connectivity index (χ1v) is 13.1. The third-order valence-electron chi connectivity index (χ3n) is 7.92. The number of methoxy groups -OCH3 is 1. The molecule has 1 N–H and O–H groups in total. The molecular formula is C29H38N2O6. The monoisotopic (exact) mass is 510 g/mol. The van der Waals surface area contributed by atoms with Crippen LogP contribution in [-0.2, 0) is 9.59 Å². The van der Waals surface area contributed by atoms with E-state index >= 15 is 0 Å². The minimum atomic E-state index is -0.890. The zero-order valence-electron chi connectivity index (χ0n) is 22.3. The molecule has 2 unspecified atom stereocenters. The molecule has 0 bridgehead atoms. The lowest BCUT2D eigenvalue weighted by Gasteiger charge is -2.36. The zero-order chi connectivity index (χ0) is 26.7. The van der Waals surface area contributed by atoms with Crippen molar-refractivity contribution in [1.82, 2.24) is 9.80 Å². The largest absolute Gasteiger partial charge is 0.497 e. The third kappa shape index (κ3) is 5.39. The van der Waals surface area contributed by atoms with Gasteiger partial charge in [-0.05, 0) is 62.1 Å². The minimum absolute atomic E-state index is 0.0256. The molecule has 1 saturated heterocycles. The quantitative estimate of drug-likeness (QED) is 0.496. The number of amides is 1. The van der Waals surface area contributed by atoms with Gasteiger partial charge in [0.25, 0.3) is 0 Å². The van der Waals surface area contributed by atoms with Crippen molar-refractivity contribution in [3.63, 3.8) is 0 Å². The van der Waals surface area contributed by atoms with Gasteiger partial charge in [-0.3, -0.25) is 14.5 Å². The van der Waals surface area contributed by atoms with Crippen LogP contribution in [-0.4, -0.2) is 65.9 Å². The average Bonchev–Trinajstić information content (AvgIpc) is 3.52. The highest BCUT2D eigenvalue weighted by molar-refractivity contribution is 5.80. The summed E-state index contributed by atoms with van der Waals surface area (Å²) >= 11 is 0. The number of rotatable bonds is 10. The normalized spacial score (nSPS) is 22.5. The standard InChI is InChI=1S/C29H38N2O6/c1-6-18(3)31(19(4)7-2)26(32)16-30-15-23(21-10-13-24-25(14-21)37-17-36-24)27(29(33)34)28(30)20-8-11-22(35-5)12-9-20/h8-14,18-19,23,27-28H,6-7,15-17H2,1-5H3,(H,33,34)/t18?,19?,23-,27+,28-/m1/s1. The number of carbonyl (C=O) groups excluding carboxylic acids is 1. The van der Waals surface area contributed by atoms with Crippen molar-refractivity contribution in [2.24, 2.45) is 5.92 Å². The Bertz CT molecular complexity index is 1090. The van der Waals surface area contributed by atoms with Crippen LogP contribution >= 0.6 is 0 Å². The summed E-state index contributed by atoms with van der Waals surface area (Å²) in [6.07, 6.45) is 1.71. The van der Waals surface area contributed by atoms with Gasteiger partial charge in [0.15, 0.2) is 11.5 Å². The molecule has 2 aromatic rings. The molecular weight excluding hydrogens is 472 g/mol. The summed E-state index contributed by atoms with van der Waals surface area (Å²) in [4.78, 5) is 30.5. The molecule has 0 saturated carbocycles. The number of likely N-dealkylation sites (tertiary alicyclic amines) is 1. The third-order valence-corrected chi connectivity index (χ3v) is 7.92. The average molecular weight is 511 g/mol. The number of hydrogen-bond donors (Lipinski definition) is 1. The smallest absolute Gasteiger partial charge is 0.309 e. The van der Waals surface area contributed by atoms with Crippen molar-refractivity contribution in [2.45, 2.75) is 64.6 Å². The molecule has 0 radical (unpaired) electrons. The van der Waals surface area contributed by atoms with Gasteiger partial charge in [0.2, 0.25) is 12.7 Å². The van der Waals surface area contributed by atoms with Gasteiger partial charge in [-0.25, -0.2) is 0 Å².